The maximum Gasteiger partial charge on any atom is 0.418 e. The lowest BCUT2D eigenvalue weighted by Gasteiger charge is -2.08. The largest absolute Gasteiger partial charge is 0.441 e. The van der Waals surface area contributed by atoms with Crippen LogP contribution < -0.4 is 0 Å². The van der Waals surface area contributed by atoms with Crippen LogP contribution in [-0.4, -0.2) is 42.8 Å². The molecule has 0 N–H and O–H groups in total. The van der Waals surface area contributed by atoms with Gasteiger partial charge in [-0.25, -0.2) is 4.79 Å². The maximum absolute atomic E-state index is 12.6. The van der Waals surface area contributed by atoms with E-state index in [9.17, 15) is 4.79 Å². The highest BCUT2D eigenvalue weighted by atomic mass is 16.7. The molecular formula is C20H24N2O4. The molecule has 138 valence electrons. The van der Waals surface area contributed by atoms with Crippen LogP contribution in [0.2, 0.25) is 0 Å². The molecule has 0 radical (unpaired) electrons. The molecule has 1 aromatic heterocycles. The number of aryl methyl sites for hydroxylation is 1. The van der Waals surface area contributed by atoms with Crippen molar-refractivity contribution in [2.75, 3.05) is 27.2 Å². The van der Waals surface area contributed by atoms with Crippen LogP contribution in [0.3, 0.4) is 0 Å². The molecule has 3 rings (SSSR count). The van der Waals surface area contributed by atoms with E-state index in [0.717, 1.165) is 35.0 Å². The zero-order chi connectivity index (χ0) is 18.8. The fourth-order valence-electron chi connectivity index (χ4n) is 2.89. The molecule has 0 atom stereocenters. The molecule has 2 heterocycles. The van der Waals surface area contributed by atoms with Gasteiger partial charge in [-0.3, -0.25) is 4.57 Å². The third-order valence-electron chi connectivity index (χ3n) is 4.29. The number of likely N-dealkylation sites (N-methyl/N-ethyl adjacent to an activating group) is 1. The van der Waals surface area contributed by atoms with E-state index >= 15 is 0 Å². The molecule has 0 spiro atoms. The number of fused-ring (bicyclic) bond motifs is 1. The minimum Gasteiger partial charge on any atom is -0.441 e. The second-order valence-electron chi connectivity index (χ2n) is 6.71. The number of carbonyl (C=O) groups excluding carboxylic acids is 1. The summed E-state index contributed by atoms with van der Waals surface area (Å²) in [5.74, 6) is 1.22. The third kappa shape index (κ3) is 3.75. The maximum atomic E-state index is 12.6. The molecule has 0 aliphatic carbocycles. The summed E-state index contributed by atoms with van der Waals surface area (Å²) < 4.78 is 17.5. The first kappa shape index (κ1) is 18.1. The van der Waals surface area contributed by atoms with Gasteiger partial charge < -0.3 is 19.1 Å². The van der Waals surface area contributed by atoms with Gasteiger partial charge in [0.2, 0.25) is 0 Å². The van der Waals surface area contributed by atoms with E-state index in [1.807, 2.05) is 39.3 Å². The Morgan fingerprint density at radius 1 is 1.27 bits per heavy atom. The quantitative estimate of drug-likeness (QED) is 0.816. The lowest BCUT2D eigenvalue weighted by Crippen LogP contribution is -2.16. The number of hydrogen-bond acceptors (Lipinski definition) is 5. The standard InChI is InChI=1S/C20H24N2O4/c1-13-6-7-18-17(10-13)16(8-9-21(4)5)11-22(18)20(23)24-12-19-14(2)25-15(3)26-19/h6-7,10-11H,3,8-9,12H2,1-2,4-5H3. The molecule has 26 heavy (non-hydrogen) atoms. The minimum atomic E-state index is -0.448. The van der Waals surface area contributed by atoms with Gasteiger partial charge in [-0.15, -0.1) is 0 Å². The van der Waals surface area contributed by atoms with Crippen LogP contribution in [0.5, 0.6) is 0 Å². The Morgan fingerprint density at radius 3 is 2.69 bits per heavy atom. The molecule has 0 bridgehead atoms. The highest BCUT2D eigenvalue weighted by Crippen LogP contribution is 2.25. The average molecular weight is 356 g/mol. The number of aromatic nitrogens is 1. The summed E-state index contributed by atoms with van der Waals surface area (Å²) in [4.78, 5) is 14.8. The van der Waals surface area contributed by atoms with E-state index < -0.39 is 6.09 Å². The third-order valence-corrected chi connectivity index (χ3v) is 4.29. The predicted octanol–water partition coefficient (Wildman–Crippen LogP) is 3.79. The van der Waals surface area contributed by atoms with E-state index in [2.05, 4.69) is 17.5 Å². The van der Waals surface area contributed by atoms with Crippen LogP contribution in [0.1, 0.15) is 18.1 Å². The van der Waals surface area contributed by atoms with Gasteiger partial charge in [0.15, 0.2) is 12.4 Å². The molecule has 1 aliphatic rings. The van der Waals surface area contributed by atoms with Crippen molar-refractivity contribution in [2.24, 2.45) is 0 Å². The molecule has 0 unspecified atom stereocenters. The van der Waals surface area contributed by atoms with Gasteiger partial charge in [0, 0.05) is 18.1 Å². The second-order valence-corrected chi connectivity index (χ2v) is 6.71. The van der Waals surface area contributed by atoms with Gasteiger partial charge in [-0.1, -0.05) is 11.6 Å². The van der Waals surface area contributed by atoms with Crippen molar-refractivity contribution < 1.29 is 19.0 Å². The smallest absolute Gasteiger partial charge is 0.418 e. The lowest BCUT2D eigenvalue weighted by molar-refractivity contribution is 0.129. The summed E-state index contributed by atoms with van der Waals surface area (Å²) >= 11 is 0. The highest BCUT2D eigenvalue weighted by molar-refractivity contribution is 5.92. The fourth-order valence-corrected chi connectivity index (χ4v) is 2.89. The molecule has 2 aromatic rings. The van der Waals surface area contributed by atoms with E-state index in [0.29, 0.717) is 11.5 Å². The first-order valence-corrected chi connectivity index (χ1v) is 8.52. The SMILES string of the molecule is C=C1OC(C)=C(COC(=O)n2cc(CCN(C)C)c3cc(C)ccc32)O1. The molecular weight excluding hydrogens is 332 g/mol. The fraction of sp³-hybridized carbons (Fsp3) is 0.350. The lowest BCUT2D eigenvalue weighted by atomic mass is 10.1. The Labute approximate surface area is 153 Å². The van der Waals surface area contributed by atoms with Crippen molar-refractivity contribution in [3.05, 3.63) is 59.6 Å². The Hall–Kier alpha value is -2.73. The summed E-state index contributed by atoms with van der Waals surface area (Å²) in [6.07, 6.45) is 2.27. The molecule has 0 saturated heterocycles. The number of allylic oxidation sites excluding steroid dienone is 1. The number of nitrogens with zero attached hydrogens (tertiary/aromatic N) is 2. The van der Waals surface area contributed by atoms with Crippen LogP contribution in [0.4, 0.5) is 4.79 Å². The van der Waals surface area contributed by atoms with E-state index in [1.165, 1.54) is 0 Å². The van der Waals surface area contributed by atoms with Crippen LogP contribution in [-0.2, 0) is 20.6 Å². The highest BCUT2D eigenvalue weighted by Gasteiger charge is 2.21. The van der Waals surface area contributed by atoms with Crippen LogP contribution >= 0.6 is 0 Å². The molecule has 6 nitrogen and oxygen atoms in total. The zero-order valence-corrected chi connectivity index (χ0v) is 15.7. The summed E-state index contributed by atoms with van der Waals surface area (Å²) in [7, 11) is 4.07. The number of hydrogen-bond donors (Lipinski definition) is 0. The molecule has 6 heteroatoms. The van der Waals surface area contributed by atoms with E-state index in [1.54, 1.807) is 11.5 Å². The van der Waals surface area contributed by atoms with Crippen molar-refractivity contribution in [3.8, 4) is 0 Å². The Morgan fingerprint density at radius 2 is 2.04 bits per heavy atom. The van der Waals surface area contributed by atoms with E-state index in [-0.39, 0.29) is 12.6 Å². The Kier molecular flexibility index (Phi) is 5.04. The van der Waals surface area contributed by atoms with Gasteiger partial charge in [0.1, 0.15) is 5.76 Å². The summed E-state index contributed by atoms with van der Waals surface area (Å²) in [5, 5.41) is 1.08. The predicted molar refractivity (Wildman–Crippen MR) is 99.7 cm³/mol. The van der Waals surface area contributed by atoms with Gasteiger partial charge in [0.05, 0.1) is 5.52 Å². The first-order chi connectivity index (χ1) is 12.3. The topological polar surface area (TPSA) is 52.9 Å². The Bertz CT molecular complexity index is 893. The number of rotatable bonds is 5. The normalized spacial score (nSPS) is 14.1. The number of benzene rings is 1. The molecule has 1 aromatic carbocycles. The van der Waals surface area contributed by atoms with Crippen molar-refractivity contribution >= 4 is 17.0 Å². The van der Waals surface area contributed by atoms with E-state index in [4.69, 9.17) is 14.2 Å². The van der Waals surface area contributed by atoms with Crippen molar-refractivity contribution in [3.63, 3.8) is 0 Å². The van der Waals surface area contributed by atoms with Crippen molar-refractivity contribution in [1.29, 1.82) is 0 Å². The van der Waals surface area contributed by atoms with Crippen LogP contribution in [0.25, 0.3) is 10.9 Å². The molecule has 1 aliphatic heterocycles. The van der Waals surface area contributed by atoms with Gasteiger partial charge >= 0.3 is 6.09 Å². The van der Waals surface area contributed by atoms with Crippen LogP contribution in [0, 0.1) is 6.92 Å². The van der Waals surface area contributed by atoms with Gasteiger partial charge in [-0.2, -0.15) is 0 Å². The average Bonchev–Trinajstić information content (AvgIpc) is 3.09. The summed E-state index contributed by atoms with van der Waals surface area (Å²) in [6.45, 7) is 8.29. The number of carbonyl (C=O) groups is 1. The zero-order valence-electron chi connectivity index (χ0n) is 15.7. The van der Waals surface area contributed by atoms with Gasteiger partial charge in [-0.05, 0) is 58.6 Å². The molecule has 0 amide bonds. The summed E-state index contributed by atoms with van der Waals surface area (Å²) in [6, 6.07) is 6.05. The number of ether oxygens (including phenoxy) is 3. The molecule has 0 fully saturated rings. The minimum absolute atomic E-state index is 0.00223. The first-order valence-electron chi connectivity index (χ1n) is 8.52. The monoisotopic (exact) mass is 356 g/mol. The molecule has 0 saturated carbocycles. The Balaban J connectivity index is 1.83. The van der Waals surface area contributed by atoms with Crippen LogP contribution in [0.15, 0.2) is 48.4 Å². The van der Waals surface area contributed by atoms with Gasteiger partial charge in [0.25, 0.3) is 5.95 Å². The second kappa shape index (κ2) is 7.25. The summed E-state index contributed by atoms with van der Waals surface area (Å²) in [5.41, 5.74) is 3.12. The van der Waals surface area contributed by atoms with Crippen molar-refractivity contribution in [2.45, 2.75) is 20.3 Å². The van der Waals surface area contributed by atoms with Crippen molar-refractivity contribution in [1.82, 2.24) is 9.47 Å².